The molecule has 3 heterocycles. The second kappa shape index (κ2) is 7.20. The minimum atomic E-state index is -0.535. The number of anilines is 1. The average molecular weight is 407 g/mol. The summed E-state index contributed by atoms with van der Waals surface area (Å²) in [5, 5.41) is 14.3. The molecule has 1 aliphatic heterocycles. The van der Waals surface area contributed by atoms with Crippen LogP contribution in [-0.4, -0.2) is 38.3 Å². The van der Waals surface area contributed by atoms with Crippen LogP contribution in [-0.2, 0) is 4.79 Å². The van der Waals surface area contributed by atoms with Gasteiger partial charge in [-0.05, 0) is 23.6 Å². The number of aryl methyl sites for hydroxylation is 1. The number of nitrogens with zero attached hydrogens (tertiary/aromatic N) is 3. The highest BCUT2D eigenvalue weighted by atomic mass is 32.2. The Hall–Kier alpha value is -2.84. The van der Waals surface area contributed by atoms with Crippen molar-refractivity contribution in [1.82, 2.24) is 20.3 Å². The lowest BCUT2D eigenvalue weighted by atomic mass is 10.1. The van der Waals surface area contributed by atoms with Crippen molar-refractivity contribution in [2.75, 3.05) is 17.2 Å². The van der Waals surface area contributed by atoms with Crippen LogP contribution in [0.5, 0.6) is 0 Å². The van der Waals surface area contributed by atoms with Gasteiger partial charge in [-0.15, -0.1) is 11.8 Å². The third-order valence-corrected chi connectivity index (χ3v) is 6.49. The van der Waals surface area contributed by atoms with Gasteiger partial charge in [-0.25, -0.2) is 9.97 Å². The second-order valence-corrected chi connectivity index (χ2v) is 8.47. The highest BCUT2D eigenvalue weighted by Gasteiger charge is 2.31. The molecule has 8 heteroatoms. The summed E-state index contributed by atoms with van der Waals surface area (Å²) in [6.45, 7) is 2.79. The fraction of sp³-hybridized carbons (Fsp3) is 0.286. The molecule has 5 rings (SSSR count). The number of benzene rings is 1. The predicted molar refractivity (Wildman–Crippen MR) is 113 cm³/mol. The van der Waals surface area contributed by atoms with E-state index in [9.17, 15) is 9.90 Å². The van der Waals surface area contributed by atoms with E-state index >= 15 is 0 Å². The van der Waals surface area contributed by atoms with E-state index in [0.717, 1.165) is 45.8 Å². The zero-order chi connectivity index (χ0) is 20.0. The summed E-state index contributed by atoms with van der Waals surface area (Å²) < 4.78 is 0. The number of H-pyrrole nitrogens is 1. The number of aromatic amines is 1. The Labute approximate surface area is 172 Å². The van der Waals surface area contributed by atoms with Gasteiger partial charge in [0.1, 0.15) is 17.8 Å². The number of hydrogen-bond donors (Lipinski definition) is 3. The monoisotopic (exact) mass is 407 g/mol. The first-order valence-corrected chi connectivity index (χ1v) is 10.6. The Bertz CT molecular complexity index is 1130. The zero-order valence-corrected chi connectivity index (χ0v) is 16.7. The van der Waals surface area contributed by atoms with Crippen LogP contribution in [0.25, 0.3) is 11.0 Å². The van der Waals surface area contributed by atoms with E-state index in [2.05, 4.69) is 20.3 Å². The molecule has 1 aromatic carbocycles. The third kappa shape index (κ3) is 3.18. The van der Waals surface area contributed by atoms with Crippen LogP contribution in [0.1, 0.15) is 35.3 Å². The van der Waals surface area contributed by atoms with E-state index < -0.39 is 6.10 Å². The van der Waals surface area contributed by atoms with Gasteiger partial charge in [0.05, 0.1) is 22.4 Å². The van der Waals surface area contributed by atoms with E-state index in [1.54, 1.807) is 18.1 Å². The van der Waals surface area contributed by atoms with Crippen molar-refractivity contribution < 1.29 is 9.90 Å². The molecule has 1 aliphatic carbocycles. The van der Waals surface area contributed by atoms with Crippen LogP contribution < -0.4 is 10.2 Å². The molecule has 0 unspecified atom stereocenters. The van der Waals surface area contributed by atoms with Crippen LogP contribution in [0.3, 0.4) is 0 Å². The van der Waals surface area contributed by atoms with Gasteiger partial charge < -0.3 is 20.3 Å². The van der Waals surface area contributed by atoms with Crippen molar-refractivity contribution in [1.29, 1.82) is 0 Å². The van der Waals surface area contributed by atoms with Gasteiger partial charge in [-0.3, -0.25) is 4.79 Å². The van der Waals surface area contributed by atoms with Crippen molar-refractivity contribution in [3.8, 4) is 0 Å². The summed E-state index contributed by atoms with van der Waals surface area (Å²) in [6, 6.07) is 7.56. The summed E-state index contributed by atoms with van der Waals surface area (Å²) in [4.78, 5) is 27.6. The second-order valence-electron chi connectivity index (χ2n) is 7.33. The van der Waals surface area contributed by atoms with Gasteiger partial charge in [0.25, 0.3) is 5.91 Å². The van der Waals surface area contributed by atoms with E-state index in [1.165, 1.54) is 0 Å². The predicted octanol–water partition coefficient (Wildman–Crippen LogP) is 2.96. The molecule has 2 aliphatic rings. The molecule has 2 aromatic heterocycles. The van der Waals surface area contributed by atoms with Crippen LogP contribution in [0.15, 0.2) is 47.9 Å². The minimum Gasteiger partial charge on any atom is -0.388 e. The SMILES string of the molecule is Cc1c[nH]c2ncnc(N3C=C(C(=O)N[C@@H]4C[C@H](O)c5ccccc54)SCC3)c12. The van der Waals surface area contributed by atoms with Crippen molar-refractivity contribution in [2.45, 2.75) is 25.5 Å². The molecular formula is C21H21N5O2S. The first-order valence-electron chi connectivity index (χ1n) is 9.59. The molecular weight excluding hydrogens is 386 g/mol. The Morgan fingerprint density at radius 2 is 2.14 bits per heavy atom. The highest BCUT2D eigenvalue weighted by Crippen LogP contribution is 2.39. The summed E-state index contributed by atoms with van der Waals surface area (Å²) in [5.41, 5.74) is 3.76. The fourth-order valence-corrected chi connectivity index (χ4v) is 4.98. The normalized spacial score (nSPS) is 21.2. The lowest BCUT2D eigenvalue weighted by Crippen LogP contribution is -2.32. The van der Waals surface area contributed by atoms with Gasteiger partial charge in [-0.1, -0.05) is 24.3 Å². The molecule has 0 bridgehead atoms. The fourth-order valence-electron chi connectivity index (χ4n) is 4.08. The number of amides is 1. The number of carbonyl (C=O) groups is 1. The Kier molecular flexibility index (Phi) is 4.52. The Morgan fingerprint density at radius 1 is 1.31 bits per heavy atom. The lowest BCUT2D eigenvalue weighted by Gasteiger charge is -2.26. The standard InChI is InChI=1S/C21H21N5O2S/c1-12-9-22-19-18(12)20(24-11-23-19)26-6-7-29-17(10-26)21(28)25-15-8-16(27)14-5-3-2-4-13(14)15/h2-5,9-11,15-16,27H,6-8H2,1H3,(H,25,28)(H,22,23,24)/t15-,16+/m1/s1. The lowest BCUT2D eigenvalue weighted by molar-refractivity contribution is -0.117. The molecule has 148 valence electrons. The van der Waals surface area contributed by atoms with Gasteiger partial charge in [0.15, 0.2) is 0 Å². The largest absolute Gasteiger partial charge is 0.388 e. The topological polar surface area (TPSA) is 94.1 Å². The van der Waals surface area contributed by atoms with Crippen LogP contribution in [0, 0.1) is 6.92 Å². The molecule has 0 saturated heterocycles. The number of rotatable bonds is 3. The van der Waals surface area contributed by atoms with Crippen LogP contribution in [0.2, 0.25) is 0 Å². The highest BCUT2D eigenvalue weighted by molar-refractivity contribution is 8.04. The minimum absolute atomic E-state index is 0.121. The average Bonchev–Trinajstić information content (AvgIpc) is 3.28. The molecule has 2 atom stereocenters. The summed E-state index contributed by atoms with van der Waals surface area (Å²) in [6.07, 6.45) is 5.30. The van der Waals surface area contributed by atoms with Crippen molar-refractivity contribution in [3.63, 3.8) is 0 Å². The van der Waals surface area contributed by atoms with E-state index in [0.29, 0.717) is 11.3 Å². The zero-order valence-electron chi connectivity index (χ0n) is 15.9. The molecule has 0 fully saturated rings. The number of aliphatic hydroxyl groups is 1. The molecule has 0 saturated carbocycles. The van der Waals surface area contributed by atoms with Gasteiger partial charge in [0.2, 0.25) is 0 Å². The molecule has 29 heavy (non-hydrogen) atoms. The van der Waals surface area contributed by atoms with Crippen molar-refractivity contribution in [3.05, 3.63) is 64.6 Å². The van der Waals surface area contributed by atoms with E-state index in [4.69, 9.17) is 0 Å². The smallest absolute Gasteiger partial charge is 0.259 e. The number of nitrogens with one attached hydrogen (secondary N) is 2. The van der Waals surface area contributed by atoms with Gasteiger partial charge in [0, 0.05) is 31.1 Å². The van der Waals surface area contributed by atoms with Crippen LogP contribution in [0.4, 0.5) is 5.82 Å². The van der Waals surface area contributed by atoms with Crippen LogP contribution >= 0.6 is 11.8 Å². The third-order valence-electron chi connectivity index (χ3n) is 5.50. The van der Waals surface area contributed by atoms with E-state index in [-0.39, 0.29) is 11.9 Å². The number of thioether (sulfide) groups is 1. The maximum atomic E-state index is 13.0. The summed E-state index contributed by atoms with van der Waals surface area (Å²) >= 11 is 1.54. The molecule has 3 aromatic rings. The molecule has 0 spiro atoms. The Morgan fingerprint density at radius 3 is 3.00 bits per heavy atom. The number of aliphatic hydroxyl groups excluding tert-OH is 1. The van der Waals surface area contributed by atoms with Crippen molar-refractivity contribution in [2.24, 2.45) is 0 Å². The van der Waals surface area contributed by atoms with Crippen molar-refractivity contribution >= 4 is 34.5 Å². The molecule has 0 radical (unpaired) electrons. The van der Waals surface area contributed by atoms with Gasteiger partial charge >= 0.3 is 0 Å². The summed E-state index contributed by atoms with van der Waals surface area (Å²) in [5.74, 6) is 1.48. The number of aromatic nitrogens is 3. The van der Waals surface area contributed by atoms with Gasteiger partial charge in [-0.2, -0.15) is 0 Å². The number of carbonyl (C=O) groups excluding carboxylic acids is 1. The number of hydrogen-bond acceptors (Lipinski definition) is 6. The molecule has 7 nitrogen and oxygen atoms in total. The first kappa shape index (κ1) is 18.2. The molecule has 3 N–H and O–H groups in total. The number of fused-ring (bicyclic) bond motifs is 2. The Balaban J connectivity index is 1.41. The van der Waals surface area contributed by atoms with E-state index in [1.807, 2.05) is 48.5 Å². The maximum Gasteiger partial charge on any atom is 0.259 e. The summed E-state index contributed by atoms with van der Waals surface area (Å²) in [7, 11) is 0. The molecule has 1 amide bonds. The maximum absolute atomic E-state index is 13.0. The first-order chi connectivity index (χ1) is 14.1. The quantitative estimate of drug-likeness (QED) is 0.618.